The summed E-state index contributed by atoms with van der Waals surface area (Å²) in [7, 11) is 1.66. The Morgan fingerprint density at radius 2 is 1.94 bits per heavy atom. The molecule has 0 saturated carbocycles. The first-order chi connectivity index (χ1) is 8.04. The molecule has 1 aromatic rings. The molecule has 0 aliphatic heterocycles. The smallest absolute Gasteiger partial charge is 0.323 e. The summed E-state index contributed by atoms with van der Waals surface area (Å²) in [5.74, 6) is -0.646. The van der Waals surface area contributed by atoms with Crippen LogP contribution in [0.2, 0.25) is 0 Å². The summed E-state index contributed by atoms with van der Waals surface area (Å²) in [6.07, 6.45) is 0. The fourth-order valence-corrected chi connectivity index (χ4v) is 1.36. The van der Waals surface area contributed by atoms with Crippen molar-refractivity contribution < 1.29 is 14.3 Å². The van der Waals surface area contributed by atoms with Gasteiger partial charge in [-0.1, -0.05) is 28.1 Å². The third-order valence-corrected chi connectivity index (χ3v) is 2.83. The minimum atomic E-state index is -0.432. The van der Waals surface area contributed by atoms with Gasteiger partial charge in [-0.05, 0) is 26.1 Å². The van der Waals surface area contributed by atoms with E-state index in [0.29, 0.717) is 5.56 Å². The Hall–Kier alpha value is -1.20. The number of halogens is 1. The fraction of sp³-hybridized carbons (Fsp3) is 0.333. The van der Waals surface area contributed by atoms with Crippen LogP contribution in [-0.4, -0.2) is 31.4 Å². The molecule has 1 rings (SSSR count). The molecule has 1 atom stereocenters. The van der Waals surface area contributed by atoms with Gasteiger partial charge in [-0.25, -0.2) is 0 Å². The number of likely N-dealkylation sites (N-methyl/N-ethyl adjacent to an activating group) is 1. The van der Waals surface area contributed by atoms with Crippen LogP contribution in [0.3, 0.4) is 0 Å². The molecule has 92 valence electrons. The van der Waals surface area contributed by atoms with Crippen molar-refractivity contribution in [3.63, 3.8) is 0 Å². The van der Waals surface area contributed by atoms with E-state index in [9.17, 15) is 9.59 Å². The number of ketones is 1. The van der Waals surface area contributed by atoms with Crippen LogP contribution in [0, 0.1) is 0 Å². The van der Waals surface area contributed by atoms with Gasteiger partial charge >= 0.3 is 5.97 Å². The second kappa shape index (κ2) is 6.51. The zero-order valence-corrected chi connectivity index (χ0v) is 11.3. The standard InChI is InChI=1S/C12H14BrNO3/c1-8(14-2)12(16)17-7-11(15)9-3-5-10(13)6-4-9/h3-6,8,14H,7H2,1-2H3/t8-/m0/s1. The summed E-state index contributed by atoms with van der Waals surface area (Å²) in [4.78, 5) is 23.0. The van der Waals surface area contributed by atoms with Crippen molar-refractivity contribution in [2.24, 2.45) is 0 Å². The lowest BCUT2D eigenvalue weighted by molar-refractivity contribution is -0.144. The van der Waals surface area contributed by atoms with E-state index in [1.54, 1.807) is 38.2 Å². The Labute approximate surface area is 108 Å². The van der Waals surface area contributed by atoms with Gasteiger partial charge in [0.25, 0.3) is 0 Å². The van der Waals surface area contributed by atoms with Gasteiger partial charge < -0.3 is 10.1 Å². The number of carbonyl (C=O) groups is 2. The molecule has 0 aromatic heterocycles. The number of rotatable bonds is 5. The maximum Gasteiger partial charge on any atom is 0.323 e. The van der Waals surface area contributed by atoms with E-state index in [2.05, 4.69) is 21.2 Å². The molecule has 0 amide bonds. The average molecular weight is 300 g/mol. The molecule has 1 aromatic carbocycles. The van der Waals surface area contributed by atoms with E-state index in [-0.39, 0.29) is 12.4 Å². The second-order valence-electron chi connectivity index (χ2n) is 3.55. The third-order valence-electron chi connectivity index (χ3n) is 2.30. The fourth-order valence-electron chi connectivity index (χ4n) is 1.10. The highest BCUT2D eigenvalue weighted by Gasteiger charge is 2.14. The van der Waals surface area contributed by atoms with Crippen molar-refractivity contribution in [1.29, 1.82) is 0 Å². The van der Waals surface area contributed by atoms with E-state index < -0.39 is 12.0 Å². The van der Waals surface area contributed by atoms with E-state index in [0.717, 1.165) is 4.47 Å². The van der Waals surface area contributed by atoms with Crippen molar-refractivity contribution in [3.8, 4) is 0 Å². The van der Waals surface area contributed by atoms with Crippen LogP contribution >= 0.6 is 15.9 Å². The summed E-state index contributed by atoms with van der Waals surface area (Å²) < 4.78 is 5.78. The Bertz CT molecular complexity index is 403. The summed E-state index contributed by atoms with van der Waals surface area (Å²) in [5.41, 5.74) is 0.526. The molecule has 1 N–H and O–H groups in total. The SMILES string of the molecule is CN[C@@H](C)C(=O)OCC(=O)c1ccc(Br)cc1. The second-order valence-corrected chi connectivity index (χ2v) is 4.46. The molecule has 0 unspecified atom stereocenters. The Morgan fingerprint density at radius 1 is 1.35 bits per heavy atom. The van der Waals surface area contributed by atoms with E-state index in [4.69, 9.17) is 4.74 Å². The molecule has 4 nitrogen and oxygen atoms in total. The largest absolute Gasteiger partial charge is 0.456 e. The number of carbonyl (C=O) groups excluding carboxylic acids is 2. The molecule has 0 fully saturated rings. The molecule has 0 radical (unpaired) electrons. The highest BCUT2D eigenvalue weighted by Crippen LogP contribution is 2.11. The highest BCUT2D eigenvalue weighted by atomic mass is 79.9. The highest BCUT2D eigenvalue weighted by molar-refractivity contribution is 9.10. The van der Waals surface area contributed by atoms with Crippen LogP contribution in [0.5, 0.6) is 0 Å². The number of hydrogen-bond acceptors (Lipinski definition) is 4. The minimum absolute atomic E-state index is 0.214. The van der Waals surface area contributed by atoms with Crippen molar-refractivity contribution in [2.45, 2.75) is 13.0 Å². The zero-order chi connectivity index (χ0) is 12.8. The monoisotopic (exact) mass is 299 g/mol. The Kier molecular flexibility index (Phi) is 5.31. The lowest BCUT2D eigenvalue weighted by Gasteiger charge is -2.09. The number of Topliss-reactive ketones (excluding diaryl/α,β-unsaturated/α-hetero) is 1. The molecule has 5 heteroatoms. The van der Waals surface area contributed by atoms with Crippen LogP contribution in [0.1, 0.15) is 17.3 Å². The van der Waals surface area contributed by atoms with Gasteiger partial charge in [0.05, 0.1) is 0 Å². The van der Waals surface area contributed by atoms with Crippen molar-refractivity contribution >= 4 is 27.7 Å². The Morgan fingerprint density at radius 3 is 2.47 bits per heavy atom. The van der Waals surface area contributed by atoms with Gasteiger partial charge in [-0.15, -0.1) is 0 Å². The van der Waals surface area contributed by atoms with Crippen LogP contribution in [-0.2, 0) is 9.53 Å². The zero-order valence-electron chi connectivity index (χ0n) is 9.70. The number of esters is 1. The van der Waals surface area contributed by atoms with Gasteiger partial charge in [0.15, 0.2) is 12.4 Å². The van der Waals surface area contributed by atoms with Gasteiger partial charge in [-0.2, -0.15) is 0 Å². The van der Waals surface area contributed by atoms with Crippen molar-refractivity contribution in [1.82, 2.24) is 5.32 Å². The van der Waals surface area contributed by atoms with E-state index in [1.165, 1.54) is 0 Å². The minimum Gasteiger partial charge on any atom is -0.456 e. The van der Waals surface area contributed by atoms with E-state index >= 15 is 0 Å². The van der Waals surface area contributed by atoms with Crippen LogP contribution < -0.4 is 5.32 Å². The van der Waals surface area contributed by atoms with Crippen molar-refractivity contribution in [3.05, 3.63) is 34.3 Å². The number of ether oxygens (including phenoxy) is 1. The Balaban J connectivity index is 2.50. The maximum atomic E-state index is 11.7. The first-order valence-corrected chi connectivity index (χ1v) is 5.96. The van der Waals surface area contributed by atoms with Gasteiger partial charge in [0, 0.05) is 10.0 Å². The van der Waals surface area contributed by atoms with Crippen molar-refractivity contribution in [2.75, 3.05) is 13.7 Å². The summed E-state index contributed by atoms with van der Waals surface area (Å²) >= 11 is 3.28. The molecule has 0 aliphatic carbocycles. The van der Waals surface area contributed by atoms with Gasteiger partial charge in [0.1, 0.15) is 6.04 Å². The number of hydrogen-bond donors (Lipinski definition) is 1. The molecular formula is C12H14BrNO3. The summed E-state index contributed by atoms with van der Waals surface area (Å²) in [6, 6.07) is 6.49. The molecule has 0 spiro atoms. The first kappa shape index (κ1) is 13.9. The molecule has 17 heavy (non-hydrogen) atoms. The summed E-state index contributed by atoms with van der Waals surface area (Å²) in [6.45, 7) is 1.44. The lowest BCUT2D eigenvalue weighted by Crippen LogP contribution is -2.33. The van der Waals surface area contributed by atoms with Crippen LogP contribution in [0.4, 0.5) is 0 Å². The lowest BCUT2D eigenvalue weighted by atomic mass is 10.1. The quantitative estimate of drug-likeness (QED) is 0.665. The van der Waals surface area contributed by atoms with E-state index in [1.807, 2.05) is 0 Å². The molecule has 0 heterocycles. The maximum absolute atomic E-state index is 11.7. The molecular weight excluding hydrogens is 286 g/mol. The first-order valence-electron chi connectivity index (χ1n) is 5.17. The van der Waals surface area contributed by atoms with Crippen LogP contribution in [0.25, 0.3) is 0 Å². The summed E-state index contributed by atoms with van der Waals surface area (Å²) in [5, 5.41) is 2.74. The molecule has 0 aliphatic rings. The number of nitrogens with one attached hydrogen (secondary N) is 1. The van der Waals surface area contributed by atoms with Gasteiger partial charge in [-0.3, -0.25) is 9.59 Å². The molecule has 0 saturated heterocycles. The predicted molar refractivity (Wildman–Crippen MR) is 68.0 cm³/mol. The van der Waals surface area contributed by atoms with Crippen LogP contribution in [0.15, 0.2) is 28.7 Å². The third kappa shape index (κ3) is 4.28. The van der Waals surface area contributed by atoms with Gasteiger partial charge in [0.2, 0.25) is 0 Å². The average Bonchev–Trinajstić information content (AvgIpc) is 2.35. The number of benzene rings is 1. The normalized spacial score (nSPS) is 11.9. The predicted octanol–water partition coefficient (Wildman–Crippen LogP) is 1.78. The topological polar surface area (TPSA) is 55.4 Å². The molecule has 0 bridgehead atoms.